The maximum atomic E-state index is 12.0. The third-order valence-corrected chi connectivity index (χ3v) is 5.20. The van der Waals surface area contributed by atoms with Crippen LogP contribution in [0.1, 0.15) is 25.7 Å². The second kappa shape index (κ2) is 6.29. The summed E-state index contributed by atoms with van der Waals surface area (Å²) in [4.78, 5) is 0. The van der Waals surface area contributed by atoms with Crippen LogP contribution in [0.3, 0.4) is 0 Å². The number of nitrogens with zero attached hydrogens (tertiary/aromatic N) is 1. The molecule has 2 atom stereocenters. The van der Waals surface area contributed by atoms with Crippen LogP contribution >= 0.6 is 0 Å². The fraction of sp³-hybridized carbons (Fsp3) is 1.00. The molecule has 0 radical (unpaired) electrons. The number of aliphatic hydroxyl groups is 1. The van der Waals surface area contributed by atoms with Crippen molar-refractivity contribution in [1.82, 2.24) is 9.03 Å². The van der Waals surface area contributed by atoms with Gasteiger partial charge in [0.25, 0.3) is 10.2 Å². The number of morpholine rings is 1. The highest BCUT2D eigenvalue weighted by Crippen LogP contribution is 2.23. The summed E-state index contributed by atoms with van der Waals surface area (Å²) < 4.78 is 33.2. The van der Waals surface area contributed by atoms with Crippen LogP contribution in [-0.2, 0) is 14.9 Å². The Kier molecular flexibility index (Phi) is 4.97. The van der Waals surface area contributed by atoms with E-state index in [0.29, 0.717) is 39.3 Å². The van der Waals surface area contributed by atoms with E-state index in [2.05, 4.69) is 4.72 Å². The van der Waals surface area contributed by atoms with Gasteiger partial charge >= 0.3 is 0 Å². The minimum Gasteiger partial charge on any atom is -0.393 e. The Morgan fingerprint density at radius 2 is 2.00 bits per heavy atom. The van der Waals surface area contributed by atoms with E-state index < -0.39 is 10.2 Å². The normalized spacial score (nSPS) is 31.4. The molecule has 106 valence electrons. The highest BCUT2D eigenvalue weighted by Gasteiger charge is 2.26. The Morgan fingerprint density at radius 1 is 1.28 bits per heavy atom. The Balaban J connectivity index is 1.80. The van der Waals surface area contributed by atoms with Crippen molar-refractivity contribution < 1.29 is 18.3 Å². The number of rotatable bonds is 4. The van der Waals surface area contributed by atoms with E-state index in [-0.39, 0.29) is 12.0 Å². The molecule has 0 aromatic carbocycles. The van der Waals surface area contributed by atoms with E-state index in [0.717, 1.165) is 19.3 Å². The number of hydrogen-bond acceptors (Lipinski definition) is 4. The molecule has 1 heterocycles. The lowest BCUT2D eigenvalue weighted by atomic mass is 9.87. The van der Waals surface area contributed by atoms with Gasteiger partial charge in [-0.1, -0.05) is 6.42 Å². The Labute approximate surface area is 108 Å². The largest absolute Gasteiger partial charge is 0.393 e. The third kappa shape index (κ3) is 3.89. The van der Waals surface area contributed by atoms with Gasteiger partial charge in [0.2, 0.25) is 0 Å². The van der Waals surface area contributed by atoms with Gasteiger partial charge in [-0.15, -0.1) is 0 Å². The van der Waals surface area contributed by atoms with Gasteiger partial charge in [0.15, 0.2) is 0 Å². The van der Waals surface area contributed by atoms with Crippen LogP contribution in [0.5, 0.6) is 0 Å². The summed E-state index contributed by atoms with van der Waals surface area (Å²) in [5.74, 6) is 0.254. The zero-order valence-electron chi connectivity index (χ0n) is 10.5. The van der Waals surface area contributed by atoms with Crippen molar-refractivity contribution in [3.63, 3.8) is 0 Å². The highest BCUT2D eigenvalue weighted by molar-refractivity contribution is 7.87. The smallest absolute Gasteiger partial charge is 0.279 e. The molecule has 1 saturated carbocycles. The summed E-state index contributed by atoms with van der Waals surface area (Å²) in [5.41, 5.74) is 0. The molecule has 0 bridgehead atoms. The van der Waals surface area contributed by atoms with Crippen LogP contribution in [0.2, 0.25) is 0 Å². The summed E-state index contributed by atoms with van der Waals surface area (Å²) in [6.45, 7) is 2.19. The standard InChI is InChI=1S/C11H22N2O4S/c14-11-3-1-2-10(8-11)9-12-18(15,16)13-4-6-17-7-5-13/h10-12,14H,1-9H2. The predicted molar refractivity (Wildman–Crippen MR) is 67.3 cm³/mol. The average molecular weight is 278 g/mol. The topological polar surface area (TPSA) is 78.9 Å². The Bertz CT molecular complexity index is 354. The summed E-state index contributed by atoms with van der Waals surface area (Å²) in [5, 5.41) is 9.55. The summed E-state index contributed by atoms with van der Waals surface area (Å²) >= 11 is 0. The molecule has 7 heteroatoms. The first-order valence-corrected chi connectivity index (χ1v) is 8.02. The first kappa shape index (κ1) is 14.2. The fourth-order valence-electron chi connectivity index (χ4n) is 2.55. The molecule has 2 aliphatic rings. The van der Waals surface area contributed by atoms with Gasteiger partial charge in [0.1, 0.15) is 0 Å². The summed E-state index contributed by atoms with van der Waals surface area (Å²) in [6.07, 6.45) is 3.24. The average Bonchev–Trinajstić information content (AvgIpc) is 2.38. The quantitative estimate of drug-likeness (QED) is 0.740. The number of hydrogen-bond donors (Lipinski definition) is 2. The molecule has 6 nitrogen and oxygen atoms in total. The van der Waals surface area contributed by atoms with Gasteiger partial charge < -0.3 is 9.84 Å². The molecule has 0 aromatic rings. The van der Waals surface area contributed by atoms with Crippen LogP contribution in [-0.4, -0.2) is 56.8 Å². The minimum absolute atomic E-state index is 0.254. The van der Waals surface area contributed by atoms with Gasteiger partial charge in [-0.05, 0) is 25.2 Å². The SMILES string of the molecule is O=S(=O)(NCC1CCCC(O)C1)N1CCOCC1. The van der Waals surface area contributed by atoms with E-state index in [1.165, 1.54) is 4.31 Å². The van der Waals surface area contributed by atoms with Gasteiger partial charge in [-0.2, -0.15) is 12.7 Å². The molecule has 0 amide bonds. The Morgan fingerprint density at radius 3 is 2.67 bits per heavy atom. The van der Waals surface area contributed by atoms with Crippen molar-refractivity contribution in [1.29, 1.82) is 0 Å². The first-order valence-electron chi connectivity index (χ1n) is 6.58. The fourth-order valence-corrected chi connectivity index (χ4v) is 3.81. The maximum Gasteiger partial charge on any atom is 0.279 e. The third-order valence-electron chi connectivity index (χ3n) is 3.62. The lowest BCUT2D eigenvalue weighted by Gasteiger charge is -2.29. The predicted octanol–water partition coefficient (Wildman–Crippen LogP) is -0.296. The molecule has 1 aliphatic heterocycles. The molecule has 18 heavy (non-hydrogen) atoms. The lowest BCUT2D eigenvalue weighted by molar-refractivity contribution is 0.0721. The minimum atomic E-state index is -3.38. The number of aliphatic hydroxyl groups excluding tert-OH is 1. The van der Waals surface area contributed by atoms with E-state index in [4.69, 9.17) is 4.74 Å². The molecule has 2 unspecified atom stereocenters. The number of ether oxygens (including phenoxy) is 1. The van der Waals surface area contributed by atoms with E-state index >= 15 is 0 Å². The summed E-state index contributed by atoms with van der Waals surface area (Å²) in [7, 11) is -3.38. The summed E-state index contributed by atoms with van der Waals surface area (Å²) in [6, 6.07) is 0. The monoisotopic (exact) mass is 278 g/mol. The first-order chi connectivity index (χ1) is 8.58. The van der Waals surface area contributed by atoms with E-state index in [1.807, 2.05) is 0 Å². The van der Waals surface area contributed by atoms with Crippen LogP contribution in [0, 0.1) is 5.92 Å². The van der Waals surface area contributed by atoms with E-state index in [1.54, 1.807) is 0 Å². The second-order valence-corrected chi connectivity index (χ2v) is 6.81. The van der Waals surface area contributed by atoms with Crippen LogP contribution < -0.4 is 4.72 Å². The van der Waals surface area contributed by atoms with Crippen LogP contribution in [0.25, 0.3) is 0 Å². The van der Waals surface area contributed by atoms with Crippen molar-refractivity contribution >= 4 is 10.2 Å². The molecule has 2 N–H and O–H groups in total. The molecular formula is C11H22N2O4S. The van der Waals surface area contributed by atoms with Gasteiger partial charge in [-0.25, -0.2) is 4.72 Å². The van der Waals surface area contributed by atoms with Crippen molar-refractivity contribution in [2.24, 2.45) is 5.92 Å². The molecule has 0 spiro atoms. The molecule has 2 rings (SSSR count). The number of nitrogens with one attached hydrogen (secondary N) is 1. The van der Waals surface area contributed by atoms with Crippen molar-refractivity contribution in [2.45, 2.75) is 31.8 Å². The van der Waals surface area contributed by atoms with Crippen molar-refractivity contribution in [2.75, 3.05) is 32.8 Å². The molecule has 2 fully saturated rings. The van der Waals surface area contributed by atoms with Gasteiger partial charge in [-0.3, -0.25) is 0 Å². The zero-order chi connectivity index (χ0) is 13.0. The lowest BCUT2D eigenvalue weighted by Crippen LogP contribution is -2.48. The highest BCUT2D eigenvalue weighted by atomic mass is 32.2. The zero-order valence-corrected chi connectivity index (χ0v) is 11.4. The van der Waals surface area contributed by atoms with E-state index in [9.17, 15) is 13.5 Å². The van der Waals surface area contributed by atoms with Crippen LogP contribution in [0.15, 0.2) is 0 Å². The molecule has 0 aromatic heterocycles. The molecule has 1 saturated heterocycles. The van der Waals surface area contributed by atoms with Gasteiger partial charge in [0, 0.05) is 19.6 Å². The second-order valence-electron chi connectivity index (χ2n) is 5.05. The maximum absolute atomic E-state index is 12.0. The van der Waals surface area contributed by atoms with Crippen molar-refractivity contribution in [3.8, 4) is 0 Å². The molecule has 1 aliphatic carbocycles. The van der Waals surface area contributed by atoms with Gasteiger partial charge in [0.05, 0.1) is 19.3 Å². The Hall–Kier alpha value is -0.210. The molecular weight excluding hydrogens is 256 g/mol. The van der Waals surface area contributed by atoms with Crippen molar-refractivity contribution in [3.05, 3.63) is 0 Å². The van der Waals surface area contributed by atoms with Crippen LogP contribution in [0.4, 0.5) is 0 Å².